The van der Waals surface area contributed by atoms with Gasteiger partial charge in [-0.3, -0.25) is 0 Å². The van der Waals surface area contributed by atoms with Crippen molar-refractivity contribution in [2.45, 2.75) is 45.6 Å². The zero-order chi connectivity index (χ0) is 16.2. The Kier molecular flexibility index (Phi) is 6.11. The lowest BCUT2D eigenvalue weighted by Crippen LogP contribution is -2.21. The zero-order valence-electron chi connectivity index (χ0n) is 11.6. The van der Waals surface area contributed by atoms with Crippen LogP contribution in [0.5, 0.6) is 0 Å². The highest BCUT2D eigenvalue weighted by atomic mass is 19.2. The maximum Gasteiger partial charge on any atom is 0.344 e. The van der Waals surface area contributed by atoms with Gasteiger partial charge in [0.05, 0.1) is 0 Å². The highest BCUT2D eigenvalue weighted by Crippen LogP contribution is 2.24. The van der Waals surface area contributed by atoms with E-state index in [1.807, 2.05) is 6.92 Å². The molecule has 1 unspecified atom stereocenters. The number of carbonyl (C=O) groups excluding carboxylic acids is 1. The molecule has 0 aliphatic rings. The van der Waals surface area contributed by atoms with Gasteiger partial charge < -0.3 is 4.74 Å². The average Bonchev–Trinajstić information content (AvgIpc) is 2.47. The molecule has 0 radical (unpaired) electrons. The van der Waals surface area contributed by atoms with Crippen molar-refractivity contribution < 1.29 is 31.5 Å². The molecule has 0 saturated heterocycles. The molecule has 0 spiro atoms. The standard InChI is InChI=1S/C14H15F5O2/c1-3-5-6-7(4-2)21-14(20)8-9(15)11(17)13(19)12(18)10(8)16/h7H,3-6H2,1-2H3. The van der Waals surface area contributed by atoms with Crippen molar-refractivity contribution in [3.8, 4) is 0 Å². The molecule has 1 rings (SSSR count). The predicted octanol–water partition coefficient (Wildman–Crippen LogP) is 4.51. The minimum Gasteiger partial charge on any atom is -0.459 e. The third-order valence-corrected chi connectivity index (χ3v) is 3.02. The first kappa shape index (κ1) is 17.4. The van der Waals surface area contributed by atoms with Gasteiger partial charge in [0.15, 0.2) is 23.3 Å². The number of benzene rings is 1. The van der Waals surface area contributed by atoms with E-state index < -0.39 is 46.7 Å². The summed E-state index contributed by atoms with van der Waals surface area (Å²) < 4.78 is 70.6. The van der Waals surface area contributed by atoms with Gasteiger partial charge in [-0.05, 0) is 12.8 Å². The highest BCUT2D eigenvalue weighted by Gasteiger charge is 2.31. The van der Waals surface area contributed by atoms with Crippen LogP contribution in [0.1, 0.15) is 49.9 Å². The van der Waals surface area contributed by atoms with E-state index in [0.717, 1.165) is 6.42 Å². The maximum atomic E-state index is 13.4. The molecule has 0 aromatic heterocycles. The molecule has 1 aromatic rings. The van der Waals surface area contributed by atoms with E-state index in [2.05, 4.69) is 0 Å². The van der Waals surface area contributed by atoms with E-state index in [4.69, 9.17) is 4.74 Å². The first-order valence-corrected chi connectivity index (χ1v) is 6.57. The summed E-state index contributed by atoms with van der Waals surface area (Å²) in [6, 6.07) is 0. The number of halogens is 5. The monoisotopic (exact) mass is 310 g/mol. The third kappa shape index (κ3) is 3.71. The molecule has 0 bridgehead atoms. The Morgan fingerprint density at radius 3 is 1.86 bits per heavy atom. The minimum atomic E-state index is -2.31. The molecule has 21 heavy (non-hydrogen) atoms. The highest BCUT2D eigenvalue weighted by molar-refractivity contribution is 5.90. The molecule has 2 nitrogen and oxygen atoms in total. The lowest BCUT2D eigenvalue weighted by molar-refractivity contribution is 0.0254. The average molecular weight is 310 g/mol. The first-order valence-electron chi connectivity index (χ1n) is 6.57. The van der Waals surface area contributed by atoms with E-state index in [-0.39, 0.29) is 0 Å². The number of carbonyl (C=O) groups is 1. The maximum absolute atomic E-state index is 13.4. The van der Waals surface area contributed by atoms with Crippen molar-refractivity contribution in [3.05, 3.63) is 34.6 Å². The van der Waals surface area contributed by atoms with Crippen LogP contribution < -0.4 is 0 Å². The van der Waals surface area contributed by atoms with Crippen molar-refractivity contribution in [1.29, 1.82) is 0 Å². The molecule has 0 fully saturated rings. The van der Waals surface area contributed by atoms with Crippen LogP contribution in [0.2, 0.25) is 0 Å². The van der Waals surface area contributed by atoms with Crippen molar-refractivity contribution in [3.63, 3.8) is 0 Å². The Morgan fingerprint density at radius 2 is 1.43 bits per heavy atom. The van der Waals surface area contributed by atoms with E-state index >= 15 is 0 Å². The topological polar surface area (TPSA) is 26.3 Å². The molecule has 1 aromatic carbocycles. The van der Waals surface area contributed by atoms with Crippen molar-refractivity contribution in [2.24, 2.45) is 0 Å². The summed E-state index contributed by atoms with van der Waals surface area (Å²) in [4.78, 5) is 11.7. The van der Waals surface area contributed by atoms with Crippen LogP contribution in [0, 0.1) is 29.1 Å². The molecule has 0 N–H and O–H groups in total. The fourth-order valence-electron chi connectivity index (χ4n) is 1.77. The molecular weight excluding hydrogens is 295 g/mol. The molecule has 1 atom stereocenters. The SMILES string of the molecule is CCCCC(CC)OC(=O)c1c(F)c(F)c(F)c(F)c1F. The molecule has 0 aliphatic carbocycles. The van der Waals surface area contributed by atoms with E-state index in [1.165, 1.54) is 0 Å². The van der Waals surface area contributed by atoms with Gasteiger partial charge in [-0.15, -0.1) is 0 Å². The van der Waals surface area contributed by atoms with Crippen LogP contribution in [0.15, 0.2) is 0 Å². The largest absolute Gasteiger partial charge is 0.459 e. The number of rotatable bonds is 6. The van der Waals surface area contributed by atoms with E-state index in [1.54, 1.807) is 6.92 Å². The summed E-state index contributed by atoms with van der Waals surface area (Å²) in [5.74, 6) is -12.5. The van der Waals surface area contributed by atoms with Crippen LogP contribution in [-0.2, 0) is 4.74 Å². The van der Waals surface area contributed by atoms with Crippen molar-refractivity contribution in [1.82, 2.24) is 0 Å². The summed E-state index contributed by atoms with van der Waals surface area (Å²) in [5, 5.41) is 0. The van der Waals surface area contributed by atoms with Crippen LogP contribution in [0.3, 0.4) is 0 Å². The molecular formula is C14H15F5O2. The number of hydrogen-bond donors (Lipinski definition) is 0. The van der Waals surface area contributed by atoms with Crippen molar-refractivity contribution >= 4 is 5.97 Å². The quantitative estimate of drug-likeness (QED) is 0.334. The second kappa shape index (κ2) is 7.38. The molecule has 118 valence electrons. The fraction of sp³-hybridized carbons (Fsp3) is 0.500. The molecule has 0 heterocycles. The summed E-state index contributed by atoms with van der Waals surface area (Å²) >= 11 is 0. The first-order chi connectivity index (χ1) is 9.84. The Hall–Kier alpha value is -1.66. The zero-order valence-corrected chi connectivity index (χ0v) is 11.6. The summed E-state index contributed by atoms with van der Waals surface area (Å²) in [6.45, 7) is 3.59. The van der Waals surface area contributed by atoms with Gasteiger partial charge in [-0.25, -0.2) is 26.7 Å². The predicted molar refractivity (Wildman–Crippen MR) is 65.3 cm³/mol. The summed E-state index contributed by atoms with van der Waals surface area (Å²) in [6.07, 6.45) is 1.72. The van der Waals surface area contributed by atoms with Gasteiger partial charge >= 0.3 is 5.97 Å². The summed E-state index contributed by atoms with van der Waals surface area (Å²) in [5.41, 5.74) is -1.55. The van der Waals surface area contributed by atoms with Crippen LogP contribution in [-0.4, -0.2) is 12.1 Å². The normalized spacial score (nSPS) is 12.3. The molecule has 7 heteroatoms. The van der Waals surface area contributed by atoms with E-state index in [9.17, 15) is 26.7 Å². The van der Waals surface area contributed by atoms with E-state index in [0.29, 0.717) is 19.3 Å². The fourth-order valence-corrected chi connectivity index (χ4v) is 1.77. The Bertz CT molecular complexity index is 502. The Morgan fingerprint density at radius 1 is 0.952 bits per heavy atom. The Labute approximate surface area is 118 Å². The minimum absolute atomic E-state index is 0.376. The van der Waals surface area contributed by atoms with Crippen LogP contribution in [0.25, 0.3) is 0 Å². The number of hydrogen-bond acceptors (Lipinski definition) is 2. The Balaban J connectivity index is 3.08. The van der Waals surface area contributed by atoms with Gasteiger partial charge in [-0.1, -0.05) is 26.7 Å². The summed E-state index contributed by atoms with van der Waals surface area (Å²) in [7, 11) is 0. The number of ether oxygens (including phenoxy) is 1. The molecule has 0 amide bonds. The lowest BCUT2D eigenvalue weighted by atomic mass is 10.1. The molecule has 0 aliphatic heterocycles. The van der Waals surface area contributed by atoms with Crippen LogP contribution in [0.4, 0.5) is 22.0 Å². The van der Waals surface area contributed by atoms with Gasteiger partial charge in [0.2, 0.25) is 5.82 Å². The lowest BCUT2D eigenvalue weighted by Gasteiger charge is -2.16. The van der Waals surface area contributed by atoms with Crippen LogP contribution >= 0.6 is 0 Å². The third-order valence-electron chi connectivity index (χ3n) is 3.02. The smallest absolute Gasteiger partial charge is 0.344 e. The number of esters is 1. The second-order valence-corrected chi connectivity index (χ2v) is 4.52. The number of unbranched alkanes of at least 4 members (excludes halogenated alkanes) is 1. The van der Waals surface area contributed by atoms with Crippen molar-refractivity contribution in [2.75, 3.05) is 0 Å². The van der Waals surface area contributed by atoms with Gasteiger partial charge in [0, 0.05) is 0 Å². The van der Waals surface area contributed by atoms with Gasteiger partial charge in [-0.2, -0.15) is 0 Å². The van der Waals surface area contributed by atoms with Gasteiger partial charge in [0.1, 0.15) is 11.7 Å². The van der Waals surface area contributed by atoms with Gasteiger partial charge in [0.25, 0.3) is 0 Å². The second-order valence-electron chi connectivity index (χ2n) is 4.52. The molecule has 0 saturated carbocycles.